The van der Waals surface area contributed by atoms with Gasteiger partial charge in [-0.25, -0.2) is 0 Å². The number of hydrogen-bond donors (Lipinski definition) is 2. The molecule has 1 aromatic carbocycles. The van der Waals surface area contributed by atoms with E-state index in [1.807, 2.05) is 22.9 Å². The maximum absolute atomic E-state index is 11.8. The maximum atomic E-state index is 11.8. The SMILES string of the molecule is O=C(CCc1ccc(Cl)c(Cl)c1)NCC(O)c1ccsc1. The van der Waals surface area contributed by atoms with Crippen molar-refractivity contribution in [1.82, 2.24) is 5.32 Å². The van der Waals surface area contributed by atoms with Gasteiger partial charge in [0.15, 0.2) is 0 Å². The van der Waals surface area contributed by atoms with Gasteiger partial charge in [-0.2, -0.15) is 11.3 Å². The first-order chi connectivity index (χ1) is 10.1. The number of aryl methyl sites for hydroxylation is 1. The second-order valence-electron chi connectivity index (χ2n) is 4.63. The molecule has 0 saturated carbocycles. The number of halogens is 2. The highest BCUT2D eigenvalue weighted by atomic mass is 35.5. The third kappa shape index (κ3) is 5.00. The lowest BCUT2D eigenvalue weighted by Crippen LogP contribution is -2.28. The second kappa shape index (κ2) is 7.80. The number of aliphatic hydroxyl groups is 1. The molecule has 0 aliphatic carbocycles. The van der Waals surface area contributed by atoms with Gasteiger partial charge in [-0.05, 0) is 46.5 Å². The predicted octanol–water partition coefficient (Wildman–Crippen LogP) is 3.84. The molecule has 112 valence electrons. The summed E-state index contributed by atoms with van der Waals surface area (Å²) in [6, 6.07) is 7.17. The number of aliphatic hydroxyl groups excluding tert-OH is 1. The van der Waals surface area contributed by atoms with Gasteiger partial charge in [-0.15, -0.1) is 0 Å². The summed E-state index contributed by atoms with van der Waals surface area (Å²) in [7, 11) is 0. The molecule has 2 N–H and O–H groups in total. The number of thiophene rings is 1. The van der Waals surface area contributed by atoms with Crippen LogP contribution in [0.15, 0.2) is 35.0 Å². The van der Waals surface area contributed by atoms with Crippen LogP contribution >= 0.6 is 34.5 Å². The van der Waals surface area contributed by atoms with E-state index >= 15 is 0 Å². The van der Waals surface area contributed by atoms with Crippen molar-refractivity contribution in [3.63, 3.8) is 0 Å². The number of hydrogen-bond acceptors (Lipinski definition) is 3. The van der Waals surface area contributed by atoms with E-state index in [9.17, 15) is 9.90 Å². The molecule has 3 nitrogen and oxygen atoms in total. The van der Waals surface area contributed by atoms with Crippen LogP contribution in [-0.4, -0.2) is 17.6 Å². The molecule has 0 radical (unpaired) electrons. The molecule has 0 saturated heterocycles. The lowest BCUT2D eigenvalue weighted by atomic mass is 10.1. The molecule has 2 aromatic rings. The van der Waals surface area contributed by atoms with Crippen LogP contribution in [0.2, 0.25) is 10.0 Å². The van der Waals surface area contributed by atoms with Gasteiger partial charge in [-0.3, -0.25) is 4.79 Å². The predicted molar refractivity (Wildman–Crippen MR) is 87.1 cm³/mol. The summed E-state index contributed by atoms with van der Waals surface area (Å²) in [6.45, 7) is 0.219. The Morgan fingerprint density at radius 1 is 1.29 bits per heavy atom. The minimum Gasteiger partial charge on any atom is -0.387 e. The Balaban J connectivity index is 1.75. The standard InChI is InChI=1S/C15H15Cl2NO2S/c16-12-3-1-10(7-13(12)17)2-4-15(20)18-8-14(19)11-5-6-21-9-11/h1,3,5-7,9,14,19H,2,4,8H2,(H,18,20). The molecule has 0 fully saturated rings. The Kier molecular flexibility index (Phi) is 6.06. The summed E-state index contributed by atoms with van der Waals surface area (Å²) in [5, 5.41) is 17.3. The highest BCUT2D eigenvalue weighted by Crippen LogP contribution is 2.23. The first-order valence-corrected chi connectivity index (χ1v) is 8.17. The van der Waals surface area contributed by atoms with Crippen molar-refractivity contribution in [2.75, 3.05) is 6.54 Å². The monoisotopic (exact) mass is 343 g/mol. The molecular weight excluding hydrogens is 329 g/mol. The van der Waals surface area contributed by atoms with Crippen LogP contribution in [0, 0.1) is 0 Å². The van der Waals surface area contributed by atoms with E-state index in [1.165, 1.54) is 11.3 Å². The van der Waals surface area contributed by atoms with Gasteiger partial charge < -0.3 is 10.4 Å². The molecule has 0 bridgehead atoms. The van der Waals surface area contributed by atoms with Crippen LogP contribution in [0.25, 0.3) is 0 Å². The topological polar surface area (TPSA) is 49.3 Å². The van der Waals surface area contributed by atoms with E-state index < -0.39 is 6.10 Å². The molecule has 1 aromatic heterocycles. The van der Waals surface area contributed by atoms with E-state index in [1.54, 1.807) is 12.1 Å². The average Bonchev–Trinajstić information content (AvgIpc) is 3.00. The van der Waals surface area contributed by atoms with E-state index in [0.717, 1.165) is 11.1 Å². The summed E-state index contributed by atoms with van der Waals surface area (Å²) in [5.74, 6) is -0.102. The van der Waals surface area contributed by atoms with Crippen molar-refractivity contribution in [3.05, 3.63) is 56.2 Å². The Labute approximate surface area is 137 Å². The molecule has 1 heterocycles. The van der Waals surface area contributed by atoms with Gasteiger partial charge in [0, 0.05) is 13.0 Å². The quantitative estimate of drug-likeness (QED) is 0.837. The molecule has 6 heteroatoms. The number of carbonyl (C=O) groups is 1. The van der Waals surface area contributed by atoms with E-state index in [4.69, 9.17) is 23.2 Å². The Morgan fingerprint density at radius 2 is 2.10 bits per heavy atom. The van der Waals surface area contributed by atoms with Crippen LogP contribution in [0.5, 0.6) is 0 Å². The number of carbonyl (C=O) groups excluding carboxylic acids is 1. The van der Waals surface area contributed by atoms with Crippen LogP contribution in [0.4, 0.5) is 0 Å². The summed E-state index contributed by atoms with van der Waals surface area (Å²) in [6.07, 6.45) is 0.260. The Bertz CT molecular complexity index is 602. The number of amides is 1. The zero-order valence-electron chi connectivity index (χ0n) is 11.2. The van der Waals surface area contributed by atoms with Gasteiger partial charge in [0.1, 0.15) is 0 Å². The molecule has 0 aliphatic rings. The summed E-state index contributed by atoms with van der Waals surface area (Å²) >= 11 is 13.3. The number of nitrogens with one attached hydrogen (secondary N) is 1. The van der Waals surface area contributed by atoms with E-state index in [-0.39, 0.29) is 12.5 Å². The summed E-state index contributed by atoms with van der Waals surface area (Å²) < 4.78 is 0. The highest BCUT2D eigenvalue weighted by molar-refractivity contribution is 7.07. The van der Waals surface area contributed by atoms with Crippen molar-refractivity contribution in [3.8, 4) is 0 Å². The minimum atomic E-state index is -0.662. The van der Waals surface area contributed by atoms with Crippen molar-refractivity contribution < 1.29 is 9.90 Å². The molecule has 21 heavy (non-hydrogen) atoms. The molecule has 0 aliphatic heterocycles. The zero-order valence-corrected chi connectivity index (χ0v) is 13.5. The molecule has 0 spiro atoms. The summed E-state index contributed by atoms with van der Waals surface area (Å²) in [5.41, 5.74) is 1.78. The van der Waals surface area contributed by atoms with Gasteiger partial charge >= 0.3 is 0 Å². The first kappa shape index (κ1) is 16.3. The Morgan fingerprint density at radius 3 is 2.76 bits per heavy atom. The van der Waals surface area contributed by atoms with Gasteiger partial charge in [-0.1, -0.05) is 29.3 Å². The smallest absolute Gasteiger partial charge is 0.220 e. The number of rotatable bonds is 6. The van der Waals surface area contributed by atoms with Crippen LogP contribution in [-0.2, 0) is 11.2 Å². The first-order valence-electron chi connectivity index (χ1n) is 6.47. The van der Waals surface area contributed by atoms with Gasteiger partial charge in [0.05, 0.1) is 16.1 Å². The van der Waals surface area contributed by atoms with E-state index in [0.29, 0.717) is 22.9 Å². The fourth-order valence-electron chi connectivity index (χ4n) is 1.83. The summed E-state index contributed by atoms with van der Waals surface area (Å²) in [4.78, 5) is 11.8. The van der Waals surface area contributed by atoms with E-state index in [2.05, 4.69) is 5.32 Å². The van der Waals surface area contributed by atoms with Crippen molar-refractivity contribution in [2.45, 2.75) is 18.9 Å². The van der Waals surface area contributed by atoms with Crippen molar-refractivity contribution in [2.24, 2.45) is 0 Å². The fraction of sp³-hybridized carbons (Fsp3) is 0.267. The Hall–Kier alpha value is -1.07. The molecule has 1 atom stereocenters. The highest BCUT2D eigenvalue weighted by Gasteiger charge is 2.10. The third-order valence-corrected chi connectivity index (χ3v) is 4.49. The van der Waals surface area contributed by atoms with Gasteiger partial charge in [0.25, 0.3) is 0 Å². The average molecular weight is 344 g/mol. The molecule has 1 unspecified atom stereocenters. The van der Waals surface area contributed by atoms with Crippen LogP contribution in [0.3, 0.4) is 0 Å². The zero-order chi connectivity index (χ0) is 15.2. The van der Waals surface area contributed by atoms with Crippen molar-refractivity contribution in [1.29, 1.82) is 0 Å². The van der Waals surface area contributed by atoms with Crippen LogP contribution in [0.1, 0.15) is 23.7 Å². The maximum Gasteiger partial charge on any atom is 0.220 e. The van der Waals surface area contributed by atoms with Gasteiger partial charge in [0.2, 0.25) is 5.91 Å². The fourth-order valence-corrected chi connectivity index (χ4v) is 2.86. The molecular formula is C15H15Cl2NO2S. The van der Waals surface area contributed by atoms with Crippen LogP contribution < -0.4 is 5.32 Å². The third-order valence-electron chi connectivity index (χ3n) is 3.05. The lowest BCUT2D eigenvalue weighted by Gasteiger charge is -2.10. The van der Waals surface area contributed by atoms with Crippen molar-refractivity contribution >= 4 is 40.4 Å². The number of benzene rings is 1. The second-order valence-corrected chi connectivity index (χ2v) is 6.22. The minimum absolute atomic E-state index is 0.102. The normalized spacial score (nSPS) is 12.1. The molecule has 2 rings (SSSR count). The molecule has 1 amide bonds. The largest absolute Gasteiger partial charge is 0.387 e. The lowest BCUT2D eigenvalue weighted by molar-refractivity contribution is -0.121.